The number of amides is 2. The van der Waals surface area contributed by atoms with Crippen molar-refractivity contribution in [3.05, 3.63) is 125 Å². The standard InChI is InChI=1S/C31H21Cl2NO3/c1-18-10-14-20(15-11-18)37-21-16-12-19(13-17-21)34-28(35)26-27(29(34)36)31(33)23-7-3-2-6-22(23)30(26,32)24-8-4-5-9-25(24)31/h2-17,26-27H,1H3/t26-,27-,30?,31?/m0/s1. The number of halogens is 2. The second-order valence-electron chi connectivity index (χ2n) is 9.89. The minimum absolute atomic E-state index is 0.341. The molecule has 3 aliphatic carbocycles. The van der Waals surface area contributed by atoms with Gasteiger partial charge < -0.3 is 4.74 Å². The fraction of sp³-hybridized carbons (Fsp3) is 0.161. The highest BCUT2D eigenvalue weighted by molar-refractivity contribution is 6.38. The van der Waals surface area contributed by atoms with Gasteiger partial charge in [0, 0.05) is 0 Å². The van der Waals surface area contributed by atoms with Gasteiger partial charge in [-0.3, -0.25) is 9.59 Å². The van der Waals surface area contributed by atoms with Crippen molar-refractivity contribution in [3.63, 3.8) is 0 Å². The lowest BCUT2D eigenvalue weighted by Crippen LogP contribution is -2.57. The van der Waals surface area contributed by atoms with Crippen molar-refractivity contribution in [3.8, 4) is 11.5 Å². The molecule has 0 spiro atoms. The molecule has 6 heteroatoms. The van der Waals surface area contributed by atoms with Crippen LogP contribution in [0.4, 0.5) is 5.69 Å². The van der Waals surface area contributed by atoms with E-state index in [0.717, 1.165) is 27.8 Å². The van der Waals surface area contributed by atoms with Crippen LogP contribution in [-0.4, -0.2) is 11.8 Å². The maximum Gasteiger partial charge on any atom is 0.240 e. The highest BCUT2D eigenvalue weighted by atomic mass is 35.5. The molecular weight excluding hydrogens is 505 g/mol. The molecular formula is C31H21Cl2NO3. The molecule has 1 aliphatic heterocycles. The van der Waals surface area contributed by atoms with E-state index >= 15 is 0 Å². The van der Waals surface area contributed by atoms with Crippen molar-refractivity contribution in [1.82, 2.24) is 0 Å². The predicted molar refractivity (Wildman–Crippen MR) is 143 cm³/mol. The summed E-state index contributed by atoms with van der Waals surface area (Å²) in [7, 11) is 0. The molecule has 2 atom stereocenters. The number of alkyl halides is 2. The SMILES string of the molecule is Cc1ccc(Oc2ccc(N3C(=O)[C@@H]4[C@@H](C3=O)C3(Cl)c5ccccc5C4(Cl)c4ccccc43)cc2)cc1. The Labute approximate surface area is 224 Å². The lowest BCUT2D eigenvalue weighted by molar-refractivity contribution is -0.122. The predicted octanol–water partition coefficient (Wildman–Crippen LogP) is 6.88. The van der Waals surface area contributed by atoms with Crippen molar-refractivity contribution >= 4 is 40.7 Å². The zero-order valence-corrected chi connectivity index (χ0v) is 21.3. The van der Waals surface area contributed by atoms with Gasteiger partial charge in [0.05, 0.1) is 17.5 Å². The highest BCUT2D eigenvalue weighted by Crippen LogP contribution is 2.69. The molecule has 1 heterocycles. The van der Waals surface area contributed by atoms with E-state index in [0.29, 0.717) is 17.2 Å². The Balaban J connectivity index is 1.31. The molecule has 37 heavy (non-hydrogen) atoms. The lowest BCUT2D eigenvalue weighted by Gasteiger charge is -2.54. The topological polar surface area (TPSA) is 46.6 Å². The van der Waals surface area contributed by atoms with Gasteiger partial charge in [0.1, 0.15) is 21.2 Å². The van der Waals surface area contributed by atoms with E-state index in [-0.39, 0.29) is 11.8 Å². The van der Waals surface area contributed by atoms with E-state index < -0.39 is 21.6 Å². The maximum absolute atomic E-state index is 14.0. The molecule has 4 aliphatic rings. The van der Waals surface area contributed by atoms with Gasteiger partial charge in [-0.2, -0.15) is 0 Å². The molecule has 4 aromatic rings. The van der Waals surface area contributed by atoms with Crippen molar-refractivity contribution in [2.75, 3.05) is 4.90 Å². The number of benzene rings is 4. The first-order valence-electron chi connectivity index (χ1n) is 12.2. The van der Waals surface area contributed by atoms with Gasteiger partial charge in [-0.25, -0.2) is 4.90 Å². The van der Waals surface area contributed by atoms with E-state index in [1.165, 1.54) is 4.90 Å². The Morgan fingerprint density at radius 1 is 0.622 bits per heavy atom. The van der Waals surface area contributed by atoms with Crippen LogP contribution in [-0.2, 0) is 19.3 Å². The van der Waals surface area contributed by atoms with Crippen molar-refractivity contribution in [2.24, 2.45) is 11.8 Å². The summed E-state index contributed by atoms with van der Waals surface area (Å²) >= 11 is 15.0. The average molecular weight is 526 g/mol. The van der Waals surface area contributed by atoms with Gasteiger partial charge >= 0.3 is 0 Å². The summed E-state index contributed by atoms with van der Waals surface area (Å²) < 4.78 is 5.93. The first kappa shape index (κ1) is 22.6. The van der Waals surface area contributed by atoms with Crippen LogP contribution in [0.3, 0.4) is 0 Å². The van der Waals surface area contributed by atoms with Crippen molar-refractivity contribution in [1.29, 1.82) is 0 Å². The molecule has 0 unspecified atom stereocenters. The summed E-state index contributed by atoms with van der Waals surface area (Å²) in [6.07, 6.45) is 0. The smallest absolute Gasteiger partial charge is 0.240 e. The number of carbonyl (C=O) groups excluding carboxylic acids is 2. The second kappa shape index (κ2) is 7.70. The van der Waals surface area contributed by atoms with Crippen molar-refractivity contribution < 1.29 is 14.3 Å². The molecule has 0 radical (unpaired) electrons. The van der Waals surface area contributed by atoms with Crippen LogP contribution in [0, 0.1) is 18.8 Å². The van der Waals surface area contributed by atoms with Gasteiger partial charge in [0.2, 0.25) is 11.8 Å². The van der Waals surface area contributed by atoms with Gasteiger partial charge in [-0.1, -0.05) is 66.2 Å². The fourth-order valence-electron chi connectivity index (χ4n) is 6.33. The molecule has 182 valence electrons. The summed E-state index contributed by atoms with van der Waals surface area (Å²) in [5.41, 5.74) is 4.76. The summed E-state index contributed by atoms with van der Waals surface area (Å²) in [5.74, 6) is -1.03. The molecule has 1 fully saturated rings. The molecule has 1 saturated heterocycles. The van der Waals surface area contributed by atoms with Gasteiger partial charge in [-0.05, 0) is 65.6 Å². The summed E-state index contributed by atoms with van der Waals surface area (Å²) in [6.45, 7) is 2.01. The van der Waals surface area contributed by atoms with Gasteiger partial charge in [-0.15, -0.1) is 23.2 Å². The van der Waals surface area contributed by atoms with Gasteiger partial charge in [0.25, 0.3) is 0 Å². The average Bonchev–Trinajstić information content (AvgIpc) is 3.20. The van der Waals surface area contributed by atoms with Crippen LogP contribution < -0.4 is 9.64 Å². The number of nitrogens with zero attached hydrogens (tertiary/aromatic N) is 1. The van der Waals surface area contributed by atoms with E-state index in [2.05, 4.69) is 0 Å². The Hall–Kier alpha value is -3.60. The zero-order chi connectivity index (χ0) is 25.5. The quantitative estimate of drug-likeness (QED) is 0.216. The molecule has 0 aromatic heterocycles. The number of rotatable bonds is 3. The molecule has 4 aromatic carbocycles. The third-order valence-electron chi connectivity index (χ3n) is 7.94. The number of imide groups is 1. The lowest BCUT2D eigenvalue weighted by atomic mass is 9.54. The van der Waals surface area contributed by atoms with Crippen LogP contribution in [0.5, 0.6) is 11.5 Å². The second-order valence-corrected chi connectivity index (χ2v) is 11.1. The summed E-state index contributed by atoms with van der Waals surface area (Å²) in [4.78, 5) is 27.0. The molecule has 0 N–H and O–H groups in total. The van der Waals surface area contributed by atoms with Crippen LogP contribution in [0.2, 0.25) is 0 Å². The Morgan fingerprint density at radius 3 is 1.41 bits per heavy atom. The number of hydrogen-bond acceptors (Lipinski definition) is 3. The van der Waals surface area contributed by atoms with E-state index in [9.17, 15) is 9.59 Å². The fourth-order valence-corrected chi connectivity index (χ4v) is 7.43. The first-order chi connectivity index (χ1) is 17.8. The number of aryl methyl sites for hydroxylation is 1. The normalized spacial score (nSPS) is 27.1. The molecule has 2 amide bonds. The van der Waals surface area contributed by atoms with Crippen molar-refractivity contribution in [2.45, 2.75) is 16.7 Å². The zero-order valence-electron chi connectivity index (χ0n) is 19.8. The first-order valence-corrected chi connectivity index (χ1v) is 12.9. The monoisotopic (exact) mass is 525 g/mol. The highest BCUT2D eigenvalue weighted by Gasteiger charge is 2.73. The van der Waals surface area contributed by atoms with Gasteiger partial charge in [0.15, 0.2) is 0 Å². The number of ether oxygens (including phenoxy) is 1. The molecule has 0 saturated carbocycles. The summed E-state index contributed by atoms with van der Waals surface area (Å²) in [5, 5.41) is 0. The Kier molecular flexibility index (Phi) is 4.70. The third-order valence-corrected chi connectivity index (χ3v) is 9.22. The third kappa shape index (κ3) is 2.86. The van der Waals surface area contributed by atoms with Crippen LogP contribution in [0.25, 0.3) is 0 Å². The van der Waals surface area contributed by atoms with Crippen LogP contribution in [0.15, 0.2) is 97.1 Å². The minimum Gasteiger partial charge on any atom is -0.457 e. The number of carbonyl (C=O) groups is 2. The van der Waals surface area contributed by atoms with Crippen LogP contribution >= 0.6 is 23.2 Å². The Bertz CT molecular complexity index is 1470. The number of anilines is 1. The summed E-state index contributed by atoms with van der Waals surface area (Å²) in [6, 6.07) is 30.0. The maximum atomic E-state index is 14.0. The molecule has 2 bridgehead atoms. The van der Waals surface area contributed by atoms with E-state index in [4.69, 9.17) is 27.9 Å². The molecule has 8 rings (SSSR count). The van der Waals surface area contributed by atoms with E-state index in [1.54, 1.807) is 24.3 Å². The van der Waals surface area contributed by atoms with E-state index in [1.807, 2.05) is 79.7 Å². The Morgan fingerprint density at radius 2 is 1.00 bits per heavy atom. The largest absolute Gasteiger partial charge is 0.457 e. The minimum atomic E-state index is -1.19. The van der Waals surface area contributed by atoms with Crippen LogP contribution in [0.1, 0.15) is 27.8 Å². The molecule has 4 nitrogen and oxygen atoms in total. The number of hydrogen-bond donors (Lipinski definition) is 0.